The second-order valence-corrected chi connectivity index (χ2v) is 5.55. The highest BCUT2D eigenvalue weighted by Crippen LogP contribution is 2.33. The van der Waals surface area contributed by atoms with Crippen molar-refractivity contribution in [1.29, 1.82) is 0 Å². The monoisotopic (exact) mass is 328 g/mol. The lowest BCUT2D eigenvalue weighted by atomic mass is 10.1. The van der Waals surface area contributed by atoms with E-state index in [0.717, 1.165) is 5.56 Å². The molecule has 0 saturated carbocycles. The number of hydrogen-bond donors (Lipinski definition) is 2. The van der Waals surface area contributed by atoms with Crippen LogP contribution in [0.4, 0.5) is 11.6 Å². The highest BCUT2D eigenvalue weighted by atomic mass is 16.5. The van der Waals surface area contributed by atoms with Gasteiger partial charge in [-0.25, -0.2) is 4.98 Å². The summed E-state index contributed by atoms with van der Waals surface area (Å²) < 4.78 is 10.9. The molecule has 24 heavy (non-hydrogen) atoms. The Kier molecular flexibility index (Phi) is 4.50. The van der Waals surface area contributed by atoms with Gasteiger partial charge in [0.05, 0.1) is 18.8 Å². The van der Waals surface area contributed by atoms with Crippen LogP contribution in [-0.2, 0) is 4.79 Å². The van der Waals surface area contributed by atoms with Gasteiger partial charge in [-0.3, -0.25) is 4.79 Å². The van der Waals surface area contributed by atoms with Crippen LogP contribution in [0.1, 0.15) is 31.9 Å². The summed E-state index contributed by atoms with van der Waals surface area (Å²) in [4.78, 5) is 20.3. The zero-order valence-corrected chi connectivity index (χ0v) is 13.9. The first kappa shape index (κ1) is 16.0. The van der Waals surface area contributed by atoms with Crippen LogP contribution >= 0.6 is 0 Å². The zero-order valence-electron chi connectivity index (χ0n) is 13.9. The van der Waals surface area contributed by atoms with Crippen molar-refractivity contribution in [3.8, 4) is 11.6 Å². The molecule has 1 aromatic heterocycles. The third kappa shape index (κ3) is 3.24. The molecule has 2 unspecified atom stereocenters. The van der Waals surface area contributed by atoms with Crippen molar-refractivity contribution in [2.45, 2.75) is 32.4 Å². The number of anilines is 2. The Morgan fingerprint density at radius 1 is 1.42 bits per heavy atom. The van der Waals surface area contributed by atoms with Gasteiger partial charge in [0.1, 0.15) is 5.75 Å². The number of benzene rings is 1. The summed E-state index contributed by atoms with van der Waals surface area (Å²) in [6.07, 6.45) is 1.82. The normalized spacial score (nSPS) is 17.3. The minimum Gasteiger partial charge on any atom is -0.481 e. The third-order valence-electron chi connectivity index (χ3n) is 3.88. The Morgan fingerprint density at radius 2 is 2.25 bits per heavy atom. The lowest BCUT2D eigenvalue weighted by Crippen LogP contribution is -2.36. The van der Waals surface area contributed by atoms with Crippen LogP contribution < -0.4 is 20.1 Å². The van der Waals surface area contributed by atoms with Crippen molar-refractivity contribution in [2.24, 2.45) is 0 Å². The number of hydrogen-bond acceptors (Lipinski definition) is 6. The summed E-state index contributed by atoms with van der Waals surface area (Å²) in [6.45, 7) is 3.92. The number of fused-ring (bicyclic) bond motifs is 1. The smallest absolute Gasteiger partial charge is 0.265 e. The molecule has 2 atom stereocenters. The Labute approximate surface area is 140 Å². The van der Waals surface area contributed by atoms with Crippen LogP contribution in [0.15, 0.2) is 30.5 Å². The van der Waals surface area contributed by atoms with Crippen molar-refractivity contribution in [2.75, 3.05) is 17.7 Å². The predicted molar refractivity (Wildman–Crippen MR) is 90.4 cm³/mol. The van der Waals surface area contributed by atoms with Crippen LogP contribution in [0.3, 0.4) is 0 Å². The van der Waals surface area contributed by atoms with Gasteiger partial charge >= 0.3 is 0 Å². The van der Waals surface area contributed by atoms with Crippen molar-refractivity contribution in [1.82, 2.24) is 9.97 Å². The lowest BCUT2D eigenvalue weighted by molar-refractivity contribution is -0.123. The SMILES string of the molecule is CCC1Oc2cc(C(C)Nc3nccc(OC)n3)ccc2NC1=O. The minimum absolute atomic E-state index is 0.0382. The average Bonchev–Trinajstić information content (AvgIpc) is 2.60. The van der Waals surface area contributed by atoms with Crippen LogP contribution in [0.2, 0.25) is 0 Å². The summed E-state index contributed by atoms with van der Waals surface area (Å²) in [5.74, 6) is 1.56. The Hall–Kier alpha value is -2.83. The van der Waals surface area contributed by atoms with E-state index in [4.69, 9.17) is 9.47 Å². The van der Waals surface area contributed by atoms with Gasteiger partial charge in [-0.1, -0.05) is 13.0 Å². The maximum Gasteiger partial charge on any atom is 0.265 e. The van der Waals surface area contributed by atoms with Crippen LogP contribution in [0.25, 0.3) is 0 Å². The van der Waals surface area contributed by atoms with E-state index in [1.54, 1.807) is 19.4 Å². The third-order valence-corrected chi connectivity index (χ3v) is 3.88. The fraction of sp³-hybridized carbons (Fsp3) is 0.353. The van der Waals surface area contributed by atoms with E-state index in [1.807, 2.05) is 32.0 Å². The van der Waals surface area contributed by atoms with Crippen LogP contribution in [0.5, 0.6) is 11.6 Å². The van der Waals surface area contributed by atoms with Gasteiger partial charge in [-0.2, -0.15) is 4.98 Å². The predicted octanol–water partition coefficient (Wildman–Crippen LogP) is 2.77. The summed E-state index contributed by atoms with van der Waals surface area (Å²) >= 11 is 0. The average molecular weight is 328 g/mol. The van der Waals surface area contributed by atoms with Gasteiger partial charge in [0, 0.05) is 12.3 Å². The zero-order chi connectivity index (χ0) is 17.1. The highest BCUT2D eigenvalue weighted by molar-refractivity contribution is 5.97. The van der Waals surface area contributed by atoms with E-state index in [9.17, 15) is 4.79 Å². The molecular weight excluding hydrogens is 308 g/mol. The Bertz CT molecular complexity index is 750. The number of ether oxygens (including phenoxy) is 2. The van der Waals surface area contributed by atoms with E-state index >= 15 is 0 Å². The number of nitrogens with one attached hydrogen (secondary N) is 2. The van der Waals surface area contributed by atoms with Crippen molar-refractivity contribution < 1.29 is 14.3 Å². The fourth-order valence-electron chi connectivity index (χ4n) is 2.50. The minimum atomic E-state index is -0.447. The Balaban J connectivity index is 1.78. The Morgan fingerprint density at radius 3 is 3.00 bits per heavy atom. The van der Waals surface area contributed by atoms with Crippen LogP contribution in [-0.4, -0.2) is 29.1 Å². The molecule has 0 aliphatic carbocycles. The fourth-order valence-corrected chi connectivity index (χ4v) is 2.50. The molecule has 0 fully saturated rings. The van der Waals surface area contributed by atoms with Gasteiger partial charge in [-0.15, -0.1) is 0 Å². The first-order chi connectivity index (χ1) is 11.6. The highest BCUT2D eigenvalue weighted by Gasteiger charge is 2.26. The molecule has 7 nitrogen and oxygen atoms in total. The number of carbonyl (C=O) groups excluding carboxylic acids is 1. The molecule has 2 aromatic rings. The number of amides is 1. The van der Waals surface area contributed by atoms with Gasteiger partial charge in [0.25, 0.3) is 5.91 Å². The van der Waals surface area contributed by atoms with Crippen molar-refractivity contribution in [3.05, 3.63) is 36.0 Å². The number of methoxy groups -OCH3 is 1. The summed E-state index contributed by atoms with van der Waals surface area (Å²) in [5, 5.41) is 6.09. The maximum atomic E-state index is 11.8. The van der Waals surface area contributed by atoms with E-state index in [2.05, 4.69) is 20.6 Å². The first-order valence-corrected chi connectivity index (χ1v) is 7.85. The standard InChI is InChI=1S/C17H20N4O3/c1-4-13-16(22)20-12-6-5-11(9-14(12)24-13)10(2)19-17-18-8-7-15(21-17)23-3/h5-10,13H,4H2,1-3H3,(H,20,22)(H,18,19,21). The van der Waals surface area contributed by atoms with E-state index in [-0.39, 0.29) is 11.9 Å². The number of carbonyl (C=O) groups is 1. The van der Waals surface area contributed by atoms with Gasteiger partial charge in [0.2, 0.25) is 11.8 Å². The number of rotatable bonds is 5. The molecule has 0 radical (unpaired) electrons. The summed E-state index contributed by atoms with van der Waals surface area (Å²) in [6, 6.07) is 7.36. The summed E-state index contributed by atoms with van der Waals surface area (Å²) in [7, 11) is 1.56. The lowest BCUT2D eigenvalue weighted by Gasteiger charge is -2.26. The summed E-state index contributed by atoms with van der Waals surface area (Å²) in [5.41, 5.74) is 1.70. The molecule has 126 valence electrons. The van der Waals surface area contributed by atoms with Gasteiger partial charge < -0.3 is 20.1 Å². The number of aromatic nitrogens is 2. The second kappa shape index (κ2) is 6.74. The largest absolute Gasteiger partial charge is 0.481 e. The number of nitrogens with zero attached hydrogens (tertiary/aromatic N) is 2. The molecular formula is C17H20N4O3. The molecule has 1 aliphatic rings. The van der Waals surface area contributed by atoms with Gasteiger partial charge in [-0.05, 0) is 31.0 Å². The molecule has 1 aliphatic heterocycles. The maximum absolute atomic E-state index is 11.8. The molecule has 3 rings (SSSR count). The molecule has 7 heteroatoms. The second-order valence-electron chi connectivity index (χ2n) is 5.55. The quantitative estimate of drug-likeness (QED) is 0.878. The molecule has 0 bridgehead atoms. The molecule has 2 N–H and O–H groups in total. The first-order valence-electron chi connectivity index (χ1n) is 7.85. The van der Waals surface area contributed by atoms with E-state index < -0.39 is 6.10 Å². The van der Waals surface area contributed by atoms with Crippen molar-refractivity contribution in [3.63, 3.8) is 0 Å². The molecule has 1 aromatic carbocycles. The molecule has 1 amide bonds. The van der Waals surface area contributed by atoms with E-state index in [0.29, 0.717) is 29.7 Å². The molecule has 0 spiro atoms. The topological polar surface area (TPSA) is 85.4 Å². The molecule has 2 heterocycles. The molecule has 0 saturated heterocycles. The van der Waals surface area contributed by atoms with Crippen LogP contribution in [0, 0.1) is 0 Å². The van der Waals surface area contributed by atoms with Crippen molar-refractivity contribution >= 4 is 17.5 Å². The van der Waals surface area contributed by atoms with Gasteiger partial charge in [0.15, 0.2) is 6.10 Å². The van der Waals surface area contributed by atoms with E-state index in [1.165, 1.54) is 0 Å².